The topological polar surface area (TPSA) is 92.3 Å². The normalized spacial score (nSPS) is 13.1. The number of amides is 3. The van der Waals surface area contributed by atoms with Gasteiger partial charge in [-0.3, -0.25) is 19.7 Å². The Morgan fingerprint density at radius 1 is 0.844 bits per heavy atom. The maximum atomic E-state index is 13.6. The van der Waals surface area contributed by atoms with Crippen LogP contribution in [0, 0.1) is 0 Å². The highest BCUT2D eigenvalue weighted by Crippen LogP contribution is 2.40. The van der Waals surface area contributed by atoms with Gasteiger partial charge < -0.3 is 0 Å². The van der Waals surface area contributed by atoms with Crippen LogP contribution in [0.15, 0.2) is 54.9 Å². The first-order valence-electron chi connectivity index (χ1n) is 10.5. The smallest absolute Gasteiger partial charge is 0.266 e. The quantitative estimate of drug-likeness (QED) is 0.591. The third-order valence-electron chi connectivity index (χ3n) is 5.52. The van der Waals surface area contributed by atoms with Gasteiger partial charge in [-0.25, -0.2) is 14.9 Å². The SMILES string of the molecule is CC(C)c1cccc(C(C)C)c1N1C(=O)c2cccc(C(=O)Nc3ncccn3)c2C1=O. The monoisotopic (exact) mass is 428 g/mol. The first kappa shape index (κ1) is 21.4. The van der Waals surface area contributed by atoms with Gasteiger partial charge in [0.2, 0.25) is 5.95 Å². The zero-order chi connectivity index (χ0) is 23.0. The lowest BCUT2D eigenvalue weighted by Crippen LogP contribution is -2.32. The minimum atomic E-state index is -0.544. The molecule has 4 rings (SSSR count). The minimum absolute atomic E-state index is 0.0965. The van der Waals surface area contributed by atoms with E-state index in [1.807, 2.05) is 45.9 Å². The van der Waals surface area contributed by atoms with Crippen LogP contribution in [0.1, 0.15) is 81.7 Å². The summed E-state index contributed by atoms with van der Waals surface area (Å²) < 4.78 is 0. The Labute approximate surface area is 186 Å². The van der Waals surface area contributed by atoms with E-state index in [4.69, 9.17) is 0 Å². The average molecular weight is 428 g/mol. The van der Waals surface area contributed by atoms with E-state index in [0.29, 0.717) is 5.69 Å². The Morgan fingerprint density at radius 2 is 1.44 bits per heavy atom. The Balaban J connectivity index is 1.82. The number of nitrogens with one attached hydrogen (secondary N) is 1. The molecule has 0 atom stereocenters. The molecule has 162 valence electrons. The van der Waals surface area contributed by atoms with E-state index in [1.54, 1.807) is 18.2 Å². The molecular weight excluding hydrogens is 404 g/mol. The van der Waals surface area contributed by atoms with Gasteiger partial charge in [0.1, 0.15) is 0 Å². The number of nitrogens with zero attached hydrogens (tertiary/aromatic N) is 3. The fourth-order valence-corrected chi connectivity index (χ4v) is 3.98. The molecule has 1 aromatic heterocycles. The predicted octanol–water partition coefficient (Wildman–Crippen LogP) is 4.78. The largest absolute Gasteiger partial charge is 0.290 e. The fraction of sp³-hybridized carbons (Fsp3) is 0.240. The number of anilines is 2. The number of benzene rings is 2. The summed E-state index contributed by atoms with van der Waals surface area (Å²) >= 11 is 0. The van der Waals surface area contributed by atoms with Gasteiger partial charge in [0, 0.05) is 12.4 Å². The van der Waals surface area contributed by atoms with Crippen LogP contribution < -0.4 is 10.2 Å². The first-order valence-corrected chi connectivity index (χ1v) is 10.5. The molecule has 32 heavy (non-hydrogen) atoms. The molecule has 7 nitrogen and oxygen atoms in total. The van der Waals surface area contributed by atoms with Gasteiger partial charge in [0.05, 0.1) is 22.4 Å². The summed E-state index contributed by atoms with van der Waals surface area (Å²) in [6.07, 6.45) is 3.01. The Bertz CT molecular complexity index is 1190. The molecule has 0 spiro atoms. The summed E-state index contributed by atoms with van der Waals surface area (Å²) in [4.78, 5) is 49.2. The number of hydrogen-bond acceptors (Lipinski definition) is 5. The first-order chi connectivity index (χ1) is 15.3. The van der Waals surface area contributed by atoms with Crippen molar-refractivity contribution in [3.05, 3.63) is 82.7 Å². The van der Waals surface area contributed by atoms with Crippen LogP contribution >= 0.6 is 0 Å². The van der Waals surface area contributed by atoms with Crippen molar-refractivity contribution in [2.75, 3.05) is 10.2 Å². The van der Waals surface area contributed by atoms with E-state index >= 15 is 0 Å². The van der Waals surface area contributed by atoms with Gasteiger partial charge in [0.15, 0.2) is 0 Å². The summed E-state index contributed by atoms with van der Waals surface area (Å²) in [6.45, 7) is 8.11. The highest BCUT2D eigenvalue weighted by Gasteiger charge is 2.41. The van der Waals surface area contributed by atoms with Crippen LogP contribution in [0.3, 0.4) is 0 Å². The zero-order valence-electron chi connectivity index (χ0n) is 18.4. The van der Waals surface area contributed by atoms with E-state index in [1.165, 1.54) is 23.4 Å². The molecule has 1 aliphatic rings. The lowest BCUT2D eigenvalue weighted by molar-refractivity contribution is 0.0919. The molecule has 2 heterocycles. The third-order valence-corrected chi connectivity index (χ3v) is 5.52. The number of carbonyl (C=O) groups excluding carboxylic acids is 3. The molecule has 1 N–H and O–H groups in total. The molecule has 0 bridgehead atoms. The number of rotatable bonds is 5. The summed E-state index contributed by atoms with van der Waals surface area (Å²) in [5.41, 5.74) is 2.86. The second-order valence-corrected chi connectivity index (χ2v) is 8.29. The summed E-state index contributed by atoms with van der Waals surface area (Å²) in [6, 6.07) is 12.2. The fourth-order valence-electron chi connectivity index (χ4n) is 3.98. The van der Waals surface area contributed by atoms with Crippen molar-refractivity contribution in [2.45, 2.75) is 39.5 Å². The van der Waals surface area contributed by atoms with Crippen LogP contribution in [0.5, 0.6) is 0 Å². The van der Waals surface area contributed by atoms with E-state index in [0.717, 1.165) is 11.1 Å². The molecule has 0 unspecified atom stereocenters. The molecule has 1 aliphatic heterocycles. The maximum absolute atomic E-state index is 13.6. The summed E-state index contributed by atoms with van der Waals surface area (Å²) in [5, 5.41) is 2.59. The lowest BCUT2D eigenvalue weighted by Gasteiger charge is -2.25. The van der Waals surface area contributed by atoms with Crippen molar-refractivity contribution in [2.24, 2.45) is 0 Å². The van der Waals surface area contributed by atoms with Crippen molar-refractivity contribution in [1.82, 2.24) is 9.97 Å². The molecular formula is C25H24N4O3. The lowest BCUT2D eigenvalue weighted by atomic mass is 9.92. The molecule has 2 aromatic carbocycles. The van der Waals surface area contributed by atoms with Gasteiger partial charge in [0.25, 0.3) is 17.7 Å². The number of hydrogen-bond donors (Lipinski definition) is 1. The Morgan fingerprint density at radius 3 is 2.03 bits per heavy atom. The minimum Gasteiger partial charge on any atom is -0.290 e. The van der Waals surface area contributed by atoms with Crippen molar-refractivity contribution in [3.8, 4) is 0 Å². The molecule has 0 radical (unpaired) electrons. The van der Waals surface area contributed by atoms with Crippen LogP contribution in [0.2, 0.25) is 0 Å². The molecule has 7 heteroatoms. The second-order valence-electron chi connectivity index (χ2n) is 8.29. The number of fused-ring (bicyclic) bond motifs is 1. The number of carbonyl (C=O) groups is 3. The Kier molecular flexibility index (Phi) is 5.57. The van der Waals surface area contributed by atoms with E-state index in [-0.39, 0.29) is 34.5 Å². The van der Waals surface area contributed by atoms with E-state index < -0.39 is 17.7 Å². The highest BCUT2D eigenvalue weighted by atomic mass is 16.2. The van der Waals surface area contributed by atoms with E-state index in [2.05, 4.69) is 15.3 Å². The number of imide groups is 1. The molecule has 3 amide bonds. The van der Waals surface area contributed by atoms with Crippen molar-refractivity contribution in [3.63, 3.8) is 0 Å². The highest BCUT2D eigenvalue weighted by molar-refractivity contribution is 6.37. The second kappa shape index (κ2) is 8.34. The molecule has 0 saturated heterocycles. The van der Waals surface area contributed by atoms with E-state index in [9.17, 15) is 14.4 Å². The molecule has 3 aromatic rings. The number of aromatic nitrogens is 2. The van der Waals surface area contributed by atoms with Gasteiger partial charge in [-0.05, 0) is 41.2 Å². The van der Waals surface area contributed by atoms with Gasteiger partial charge in [-0.2, -0.15) is 0 Å². The van der Waals surface area contributed by atoms with Crippen LogP contribution in [-0.4, -0.2) is 27.7 Å². The van der Waals surface area contributed by atoms with Gasteiger partial charge in [-0.15, -0.1) is 0 Å². The van der Waals surface area contributed by atoms with Crippen LogP contribution in [0.4, 0.5) is 11.6 Å². The van der Waals surface area contributed by atoms with Crippen molar-refractivity contribution < 1.29 is 14.4 Å². The standard InChI is InChI=1S/C25H24N4O3/c1-14(2)16-8-5-9-17(15(3)4)21(16)29-23(31)19-11-6-10-18(20(19)24(29)32)22(30)28-25-26-12-7-13-27-25/h5-15H,1-4H3,(H,26,27,28,30). The predicted molar refractivity (Wildman–Crippen MR) is 122 cm³/mol. The Hall–Kier alpha value is -3.87. The van der Waals surface area contributed by atoms with Gasteiger partial charge in [-0.1, -0.05) is 52.0 Å². The third kappa shape index (κ3) is 3.56. The summed E-state index contributed by atoms with van der Waals surface area (Å²) in [5.74, 6) is -1.14. The molecule has 0 saturated carbocycles. The maximum Gasteiger partial charge on any atom is 0.266 e. The molecule has 0 aliphatic carbocycles. The van der Waals surface area contributed by atoms with Gasteiger partial charge >= 0.3 is 0 Å². The number of para-hydroxylation sites is 1. The van der Waals surface area contributed by atoms with Crippen LogP contribution in [0.25, 0.3) is 0 Å². The van der Waals surface area contributed by atoms with Crippen molar-refractivity contribution in [1.29, 1.82) is 0 Å². The van der Waals surface area contributed by atoms with Crippen LogP contribution in [-0.2, 0) is 0 Å². The summed E-state index contributed by atoms with van der Waals surface area (Å²) in [7, 11) is 0. The zero-order valence-corrected chi connectivity index (χ0v) is 18.4. The average Bonchev–Trinajstić information content (AvgIpc) is 3.03. The van der Waals surface area contributed by atoms with Crippen molar-refractivity contribution >= 4 is 29.4 Å². The molecule has 0 fully saturated rings.